The number of nitrogen functional groups attached to an aromatic ring is 1. The van der Waals surface area contributed by atoms with Crippen LogP contribution in [0.25, 0.3) is 33.9 Å². The molecule has 1 aliphatic rings. The van der Waals surface area contributed by atoms with Crippen LogP contribution in [-0.4, -0.2) is 76.6 Å². The quantitative estimate of drug-likeness (QED) is 0.422. The largest absolute Gasteiger partial charge is 0.384 e. The van der Waals surface area contributed by atoms with Gasteiger partial charge in [0.15, 0.2) is 9.84 Å². The van der Waals surface area contributed by atoms with E-state index < -0.39 is 9.84 Å². The van der Waals surface area contributed by atoms with Gasteiger partial charge in [-0.1, -0.05) is 12.1 Å². The van der Waals surface area contributed by atoms with Gasteiger partial charge in [0.2, 0.25) is 11.8 Å². The first-order valence-corrected chi connectivity index (χ1v) is 12.3. The molecule has 4 aromatic rings. The zero-order valence-corrected chi connectivity index (χ0v) is 19.0. The number of aromatic amines is 1. The highest BCUT2D eigenvalue weighted by molar-refractivity contribution is 7.90. The summed E-state index contributed by atoms with van der Waals surface area (Å²) in [5.74, 6) is 1.14. The van der Waals surface area contributed by atoms with Gasteiger partial charge in [0.1, 0.15) is 5.82 Å². The smallest absolute Gasteiger partial charge is 0.226 e. The first-order valence-electron chi connectivity index (χ1n) is 10.4. The molecule has 0 atom stereocenters. The topological polar surface area (TPSA) is 166 Å². The normalized spacial score (nSPS) is 14.3. The van der Waals surface area contributed by atoms with E-state index in [1.54, 1.807) is 36.5 Å². The summed E-state index contributed by atoms with van der Waals surface area (Å²) in [7, 11) is -3.39. The molecule has 0 aliphatic carbocycles. The fourth-order valence-corrected chi connectivity index (χ4v) is 4.31. The van der Waals surface area contributed by atoms with Gasteiger partial charge in [-0.2, -0.15) is 5.21 Å². The van der Waals surface area contributed by atoms with E-state index in [0.29, 0.717) is 72.0 Å². The van der Waals surface area contributed by atoms with E-state index in [9.17, 15) is 8.42 Å². The van der Waals surface area contributed by atoms with Crippen molar-refractivity contribution >= 4 is 21.6 Å². The average molecular weight is 480 g/mol. The minimum absolute atomic E-state index is 0.208. The number of tetrazole rings is 1. The molecule has 3 aromatic heterocycles. The van der Waals surface area contributed by atoms with Gasteiger partial charge in [0, 0.05) is 42.2 Å². The van der Waals surface area contributed by atoms with E-state index in [-0.39, 0.29) is 4.90 Å². The molecule has 34 heavy (non-hydrogen) atoms. The number of ether oxygens (including phenoxy) is 1. The van der Waals surface area contributed by atoms with E-state index >= 15 is 0 Å². The number of nitrogens with zero attached hydrogens (tertiary/aromatic N) is 7. The molecule has 1 fully saturated rings. The molecule has 1 aromatic carbocycles. The molecular formula is C21H21N9O3S. The van der Waals surface area contributed by atoms with Crippen LogP contribution in [0, 0.1) is 0 Å². The summed E-state index contributed by atoms with van der Waals surface area (Å²) in [5.41, 5.74) is 8.93. The summed E-state index contributed by atoms with van der Waals surface area (Å²) in [6.07, 6.45) is 2.77. The SMILES string of the molecule is CS(=O)(=O)c1cccc(-c2cc(-c3cnc(N)cc3-c3nn[nH]n3)nc(N3CCOCC3)n2)c1. The average Bonchev–Trinajstić information content (AvgIpc) is 3.39. The number of rotatable bonds is 5. The molecule has 0 saturated carbocycles. The third-order valence-corrected chi connectivity index (χ3v) is 6.46. The highest BCUT2D eigenvalue weighted by Crippen LogP contribution is 2.33. The fraction of sp³-hybridized carbons (Fsp3) is 0.238. The van der Waals surface area contributed by atoms with Gasteiger partial charge in [-0.3, -0.25) is 0 Å². The second kappa shape index (κ2) is 8.76. The molecule has 0 bridgehead atoms. The van der Waals surface area contributed by atoms with E-state index in [1.807, 2.05) is 11.0 Å². The summed E-state index contributed by atoms with van der Waals surface area (Å²) in [6, 6.07) is 10.1. The number of hydrogen-bond acceptors (Lipinski definition) is 11. The molecule has 0 radical (unpaired) electrons. The summed E-state index contributed by atoms with van der Waals surface area (Å²) in [6.45, 7) is 2.38. The number of anilines is 2. The molecular weight excluding hydrogens is 458 g/mol. The zero-order valence-electron chi connectivity index (χ0n) is 18.2. The van der Waals surface area contributed by atoms with Crippen LogP contribution in [0.2, 0.25) is 0 Å². The fourth-order valence-electron chi connectivity index (χ4n) is 3.65. The van der Waals surface area contributed by atoms with Crippen LogP contribution in [0.3, 0.4) is 0 Å². The number of morpholine rings is 1. The van der Waals surface area contributed by atoms with Gasteiger partial charge < -0.3 is 15.4 Å². The van der Waals surface area contributed by atoms with Gasteiger partial charge in [0.05, 0.1) is 29.5 Å². The maximum atomic E-state index is 12.1. The molecule has 13 heteroatoms. The van der Waals surface area contributed by atoms with E-state index in [2.05, 4.69) is 25.6 Å². The van der Waals surface area contributed by atoms with Crippen molar-refractivity contribution in [2.45, 2.75) is 4.90 Å². The van der Waals surface area contributed by atoms with Gasteiger partial charge in [0.25, 0.3) is 0 Å². The number of nitrogens with two attached hydrogens (primary N) is 1. The van der Waals surface area contributed by atoms with Crippen LogP contribution in [0.1, 0.15) is 0 Å². The number of benzene rings is 1. The molecule has 0 unspecified atom stereocenters. The number of hydrogen-bond donors (Lipinski definition) is 2. The number of H-pyrrole nitrogens is 1. The molecule has 3 N–H and O–H groups in total. The minimum atomic E-state index is -3.39. The lowest BCUT2D eigenvalue weighted by Gasteiger charge is -2.27. The van der Waals surface area contributed by atoms with Crippen LogP contribution in [0.4, 0.5) is 11.8 Å². The van der Waals surface area contributed by atoms with Crippen molar-refractivity contribution in [3.63, 3.8) is 0 Å². The van der Waals surface area contributed by atoms with Gasteiger partial charge >= 0.3 is 0 Å². The van der Waals surface area contributed by atoms with Crippen LogP contribution in [0.5, 0.6) is 0 Å². The molecule has 12 nitrogen and oxygen atoms in total. The Kier molecular flexibility index (Phi) is 5.63. The Bertz CT molecular complexity index is 1440. The van der Waals surface area contributed by atoms with E-state index in [1.165, 1.54) is 6.26 Å². The van der Waals surface area contributed by atoms with Gasteiger partial charge in [-0.25, -0.2) is 23.4 Å². The zero-order chi connectivity index (χ0) is 23.7. The second-order valence-corrected chi connectivity index (χ2v) is 9.74. The lowest BCUT2D eigenvalue weighted by molar-refractivity contribution is 0.122. The van der Waals surface area contributed by atoms with Crippen molar-refractivity contribution in [3.05, 3.63) is 42.6 Å². The van der Waals surface area contributed by atoms with Gasteiger partial charge in [-0.05, 0) is 29.5 Å². The molecule has 5 rings (SSSR count). The predicted octanol–water partition coefficient (Wildman–Crippen LogP) is 1.21. The van der Waals surface area contributed by atoms with Crippen molar-refractivity contribution in [3.8, 4) is 33.9 Å². The highest BCUT2D eigenvalue weighted by atomic mass is 32.2. The molecule has 0 amide bonds. The Hall–Kier alpha value is -3.97. The van der Waals surface area contributed by atoms with Crippen LogP contribution in [-0.2, 0) is 14.6 Å². The monoisotopic (exact) mass is 479 g/mol. The minimum Gasteiger partial charge on any atom is -0.384 e. The van der Waals surface area contributed by atoms with E-state index in [0.717, 1.165) is 0 Å². The molecule has 1 saturated heterocycles. The summed E-state index contributed by atoms with van der Waals surface area (Å²) in [4.78, 5) is 16.0. The highest BCUT2D eigenvalue weighted by Gasteiger charge is 2.20. The first-order chi connectivity index (χ1) is 16.4. The van der Waals surface area contributed by atoms with Crippen molar-refractivity contribution in [2.75, 3.05) is 43.2 Å². The number of nitrogens with one attached hydrogen (secondary N) is 1. The lowest BCUT2D eigenvalue weighted by atomic mass is 10.0. The Labute approximate surface area is 195 Å². The Morgan fingerprint density at radius 2 is 1.85 bits per heavy atom. The third-order valence-electron chi connectivity index (χ3n) is 5.35. The maximum absolute atomic E-state index is 12.1. The number of aromatic nitrogens is 7. The van der Waals surface area contributed by atoms with Crippen LogP contribution < -0.4 is 10.6 Å². The van der Waals surface area contributed by atoms with Crippen molar-refractivity contribution < 1.29 is 13.2 Å². The first kappa shape index (κ1) is 21.9. The third kappa shape index (κ3) is 4.43. The predicted molar refractivity (Wildman–Crippen MR) is 124 cm³/mol. The Morgan fingerprint density at radius 3 is 2.59 bits per heavy atom. The van der Waals surface area contributed by atoms with Crippen molar-refractivity contribution in [1.29, 1.82) is 0 Å². The number of sulfone groups is 1. The summed E-state index contributed by atoms with van der Waals surface area (Å²) in [5, 5.41) is 14.2. The van der Waals surface area contributed by atoms with E-state index in [4.69, 9.17) is 20.4 Å². The second-order valence-electron chi connectivity index (χ2n) is 7.73. The number of pyridine rings is 1. The molecule has 1 aliphatic heterocycles. The lowest BCUT2D eigenvalue weighted by Crippen LogP contribution is -2.37. The molecule has 4 heterocycles. The van der Waals surface area contributed by atoms with Crippen LogP contribution in [0.15, 0.2) is 47.5 Å². The molecule has 174 valence electrons. The maximum Gasteiger partial charge on any atom is 0.226 e. The van der Waals surface area contributed by atoms with Gasteiger partial charge in [-0.15, -0.1) is 10.2 Å². The summed E-state index contributed by atoms with van der Waals surface area (Å²) >= 11 is 0. The van der Waals surface area contributed by atoms with Crippen molar-refractivity contribution in [2.24, 2.45) is 0 Å². The Balaban J connectivity index is 1.70. The summed E-state index contributed by atoms with van der Waals surface area (Å²) < 4.78 is 29.7. The Morgan fingerprint density at radius 1 is 1.06 bits per heavy atom. The van der Waals surface area contributed by atoms with Crippen LogP contribution >= 0.6 is 0 Å². The standard InChI is InChI=1S/C21H21N9O3S/c1-34(31,32)14-4-2-3-13(9-14)17-11-18(25-21(24-17)30-5-7-33-8-6-30)16-12-23-19(22)10-15(16)20-26-28-29-27-20/h2-4,9-12H,5-8H2,1H3,(H2,22,23)(H,26,27,28,29). The molecule has 0 spiro atoms. The van der Waals surface area contributed by atoms with Crippen molar-refractivity contribution in [1.82, 2.24) is 35.6 Å².